The van der Waals surface area contributed by atoms with E-state index in [1.165, 1.54) is 36.5 Å². The number of hydrogen-bond donors (Lipinski definition) is 1. The van der Waals surface area contributed by atoms with E-state index in [9.17, 15) is 9.59 Å². The molecule has 8 heteroatoms. The first-order chi connectivity index (χ1) is 14.5. The Morgan fingerprint density at radius 1 is 1.20 bits per heavy atom. The number of aromatic carboxylic acids is 1. The Morgan fingerprint density at radius 2 is 1.93 bits per heavy atom. The van der Waals surface area contributed by atoms with Crippen LogP contribution >= 0.6 is 23.4 Å². The number of halogens is 1. The van der Waals surface area contributed by atoms with Crippen LogP contribution in [-0.4, -0.2) is 38.1 Å². The van der Waals surface area contributed by atoms with E-state index < -0.39 is 5.97 Å². The van der Waals surface area contributed by atoms with Gasteiger partial charge < -0.3 is 5.11 Å². The fourth-order valence-electron chi connectivity index (χ4n) is 3.66. The zero-order valence-corrected chi connectivity index (χ0v) is 17.7. The molecule has 2 aliphatic rings. The summed E-state index contributed by atoms with van der Waals surface area (Å²) in [5.41, 5.74) is 1.55. The molecule has 1 aromatic carbocycles. The minimum absolute atomic E-state index is 0.0712. The quantitative estimate of drug-likeness (QED) is 0.645. The van der Waals surface area contributed by atoms with Gasteiger partial charge in [-0.3, -0.25) is 14.7 Å². The molecule has 1 saturated heterocycles. The number of carbonyl (C=O) groups is 2. The largest absolute Gasteiger partial charge is 0.478 e. The van der Waals surface area contributed by atoms with Crippen molar-refractivity contribution in [1.29, 1.82) is 0 Å². The molecule has 154 valence electrons. The number of carboxylic acids is 1. The number of amidine groups is 1. The van der Waals surface area contributed by atoms with Crippen molar-refractivity contribution >= 4 is 52.2 Å². The number of carbonyl (C=O) groups excluding carboxylic acids is 1. The molecule has 1 saturated carbocycles. The summed E-state index contributed by atoms with van der Waals surface area (Å²) in [5, 5.41) is 10.1. The van der Waals surface area contributed by atoms with Crippen molar-refractivity contribution in [3.63, 3.8) is 0 Å². The van der Waals surface area contributed by atoms with Gasteiger partial charge in [-0.25, -0.2) is 9.79 Å². The van der Waals surface area contributed by atoms with Crippen LogP contribution < -0.4 is 0 Å². The van der Waals surface area contributed by atoms with Crippen LogP contribution in [-0.2, 0) is 4.79 Å². The fourth-order valence-corrected chi connectivity index (χ4v) is 4.87. The molecule has 2 aromatic rings. The van der Waals surface area contributed by atoms with E-state index >= 15 is 0 Å². The maximum absolute atomic E-state index is 13.3. The van der Waals surface area contributed by atoms with Gasteiger partial charge in [-0.1, -0.05) is 43.0 Å². The first kappa shape index (κ1) is 20.6. The average Bonchev–Trinajstić information content (AvgIpc) is 3.05. The molecule has 0 bridgehead atoms. The second kappa shape index (κ2) is 9.02. The van der Waals surface area contributed by atoms with Crippen LogP contribution in [0.3, 0.4) is 0 Å². The minimum Gasteiger partial charge on any atom is -0.478 e. The lowest BCUT2D eigenvalue weighted by atomic mass is 9.94. The first-order valence-corrected chi connectivity index (χ1v) is 11.0. The highest BCUT2D eigenvalue weighted by atomic mass is 35.5. The highest BCUT2D eigenvalue weighted by Crippen LogP contribution is 2.39. The fraction of sp³-hybridized carbons (Fsp3) is 0.273. The third kappa shape index (κ3) is 4.42. The number of aliphatic imine (C=N–C) groups is 1. The number of pyridine rings is 1. The Morgan fingerprint density at radius 3 is 2.60 bits per heavy atom. The van der Waals surface area contributed by atoms with E-state index in [0.29, 0.717) is 20.8 Å². The number of amides is 1. The summed E-state index contributed by atoms with van der Waals surface area (Å²) in [4.78, 5) is 35.4. The van der Waals surface area contributed by atoms with Crippen LogP contribution in [0.2, 0.25) is 5.02 Å². The van der Waals surface area contributed by atoms with E-state index in [1.54, 1.807) is 35.4 Å². The molecule has 1 aliphatic heterocycles. The van der Waals surface area contributed by atoms with Crippen molar-refractivity contribution in [1.82, 2.24) is 9.88 Å². The van der Waals surface area contributed by atoms with E-state index in [0.717, 1.165) is 31.2 Å². The molecular weight excluding hydrogens is 422 g/mol. The van der Waals surface area contributed by atoms with E-state index in [4.69, 9.17) is 16.7 Å². The highest BCUT2D eigenvalue weighted by Gasteiger charge is 2.38. The SMILES string of the molecule is O=C(O)c1ccc(/C=C2\SC(=Nc3ccncc3Cl)N(C3CCCCC3)C2=O)cc1. The Labute approximate surface area is 183 Å². The monoisotopic (exact) mass is 441 g/mol. The van der Waals surface area contributed by atoms with Gasteiger partial charge in [-0.2, -0.15) is 0 Å². The Balaban J connectivity index is 1.69. The summed E-state index contributed by atoms with van der Waals surface area (Å²) in [7, 11) is 0. The van der Waals surface area contributed by atoms with Crippen LogP contribution in [0.15, 0.2) is 52.6 Å². The molecule has 1 N–H and O–H groups in total. The molecule has 2 heterocycles. The number of benzene rings is 1. The van der Waals surface area contributed by atoms with E-state index in [-0.39, 0.29) is 17.5 Å². The number of rotatable bonds is 4. The molecule has 0 atom stereocenters. The molecule has 1 amide bonds. The smallest absolute Gasteiger partial charge is 0.335 e. The van der Waals surface area contributed by atoms with Gasteiger partial charge in [0.25, 0.3) is 5.91 Å². The zero-order valence-electron chi connectivity index (χ0n) is 16.1. The van der Waals surface area contributed by atoms with Crippen LogP contribution in [0, 0.1) is 0 Å². The van der Waals surface area contributed by atoms with Crippen molar-refractivity contribution in [2.75, 3.05) is 0 Å². The maximum atomic E-state index is 13.3. The van der Waals surface area contributed by atoms with Crippen LogP contribution in [0.1, 0.15) is 48.0 Å². The summed E-state index contributed by atoms with van der Waals surface area (Å²) >= 11 is 7.56. The molecule has 30 heavy (non-hydrogen) atoms. The number of aromatic nitrogens is 1. The van der Waals surface area contributed by atoms with Gasteiger partial charge in [-0.05, 0) is 54.4 Å². The Hall–Kier alpha value is -2.64. The van der Waals surface area contributed by atoms with Gasteiger partial charge >= 0.3 is 5.97 Å². The minimum atomic E-state index is -0.979. The predicted molar refractivity (Wildman–Crippen MR) is 119 cm³/mol. The molecular formula is C22H20ClN3O3S. The molecule has 6 nitrogen and oxygen atoms in total. The second-order valence-corrected chi connectivity index (χ2v) is 8.64. The van der Waals surface area contributed by atoms with Crippen LogP contribution in [0.25, 0.3) is 6.08 Å². The second-order valence-electron chi connectivity index (χ2n) is 7.23. The summed E-state index contributed by atoms with van der Waals surface area (Å²) in [6.07, 6.45) is 10.2. The Kier molecular flexibility index (Phi) is 6.20. The number of thioether (sulfide) groups is 1. The summed E-state index contributed by atoms with van der Waals surface area (Å²) in [6, 6.07) is 8.31. The molecule has 4 rings (SSSR count). The van der Waals surface area contributed by atoms with Gasteiger partial charge in [0.2, 0.25) is 0 Å². The highest BCUT2D eigenvalue weighted by molar-refractivity contribution is 8.18. The third-order valence-electron chi connectivity index (χ3n) is 5.20. The number of nitrogens with zero attached hydrogens (tertiary/aromatic N) is 3. The molecule has 0 spiro atoms. The molecule has 0 radical (unpaired) electrons. The standard InChI is InChI=1S/C22H20ClN3O3S/c23-17-13-24-11-10-18(17)25-22-26(16-4-2-1-3-5-16)20(27)19(30-22)12-14-6-8-15(9-7-14)21(28)29/h6-13,16H,1-5H2,(H,28,29)/b19-12-,25-22?. The van der Waals surface area contributed by atoms with Crippen molar-refractivity contribution < 1.29 is 14.7 Å². The maximum Gasteiger partial charge on any atom is 0.335 e. The van der Waals surface area contributed by atoms with Crippen LogP contribution in [0.5, 0.6) is 0 Å². The van der Waals surface area contributed by atoms with Gasteiger partial charge in [0.15, 0.2) is 5.17 Å². The van der Waals surface area contributed by atoms with Crippen molar-refractivity contribution in [3.05, 3.63) is 63.8 Å². The molecule has 2 fully saturated rings. The predicted octanol–water partition coefficient (Wildman–Crippen LogP) is 5.37. The summed E-state index contributed by atoms with van der Waals surface area (Å²) in [6.45, 7) is 0. The molecule has 1 aliphatic carbocycles. The lowest BCUT2D eigenvalue weighted by Gasteiger charge is -2.30. The van der Waals surface area contributed by atoms with Crippen molar-refractivity contribution in [3.8, 4) is 0 Å². The summed E-state index contributed by atoms with van der Waals surface area (Å²) < 4.78 is 0. The van der Waals surface area contributed by atoms with Crippen molar-refractivity contribution in [2.24, 2.45) is 4.99 Å². The van der Waals surface area contributed by atoms with Crippen molar-refractivity contribution in [2.45, 2.75) is 38.1 Å². The summed E-state index contributed by atoms with van der Waals surface area (Å²) in [5.74, 6) is -1.05. The van der Waals surface area contributed by atoms with E-state index in [2.05, 4.69) is 9.98 Å². The lowest BCUT2D eigenvalue weighted by Crippen LogP contribution is -2.40. The first-order valence-electron chi connectivity index (χ1n) is 9.77. The average molecular weight is 442 g/mol. The van der Waals surface area contributed by atoms with Crippen LogP contribution in [0.4, 0.5) is 5.69 Å². The lowest BCUT2D eigenvalue weighted by molar-refractivity contribution is -0.124. The van der Waals surface area contributed by atoms with Gasteiger partial charge in [0.05, 0.1) is 21.2 Å². The third-order valence-corrected chi connectivity index (χ3v) is 6.47. The zero-order chi connectivity index (χ0) is 21.1. The van der Waals surface area contributed by atoms with E-state index in [1.807, 2.05) is 0 Å². The molecule has 1 aromatic heterocycles. The van der Waals surface area contributed by atoms with Gasteiger partial charge in [-0.15, -0.1) is 0 Å². The van der Waals surface area contributed by atoms with Gasteiger partial charge in [0, 0.05) is 18.4 Å². The number of hydrogen-bond acceptors (Lipinski definition) is 5. The number of carboxylic acid groups (broad SMARTS) is 1. The molecule has 0 unspecified atom stereocenters. The topological polar surface area (TPSA) is 82.9 Å². The Bertz CT molecular complexity index is 1030. The van der Waals surface area contributed by atoms with Gasteiger partial charge in [0.1, 0.15) is 0 Å². The normalized spacial score (nSPS) is 20.3.